The molecular formula is C14H27NO3S. The molecule has 0 amide bonds. The van der Waals surface area contributed by atoms with Crippen LogP contribution < -0.4 is 0 Å². The second-order valence-electron chi connectivity index (χ2n) is 6.43. The van der Waals surface area contributed by atoms with Crippen molar-refractivity contribution >= 4 is 10.0 Å². The number of hydrogen-bond acceptors (Lipinski definition) is 3. The van der Waals surface area contributed by atoms with Crippen molar-refractivity contribution in [2.45, 2.75) is 52.2 Å². The van der Waals surface area contributed by atoms with Gasteiger partial charge in [-0.05, 0) is 50.9 Å². The van der Waals surface area contributed by atoms with E-state index in [1.54, 1.807) is 11.4 Å². The molecule has 0 spiro atoms. The fourth-order valence-electron chi connectivity index (χ4n) is 3.56. The van der Waals surface area contributed by atoms with Crippen molar-refractivity contribution < 1.29 is 13.2 Å². The molecule has 3 aliphatic rings. The van der Waals surface area contributed by atoms with Crippen molar-refractivity contribution in [3.05, 3.63) is 0 Å². The van der Waals surface area contributed by atoms with Gasteiger partial charge in [0.25, 0.3) is 0 Å². The van der Waals surface area contributed by atoms with Crippen LogP contribution in [0.25, 0.3) is 0 Å². The zero-order valence-corrected chi connectivity index (χ0v) is 13.3. The minimum absolute atomic E-state index is 0.132. The van der Waals surface area contributed by atoms with Gasteiger partial charge in [-0.1, -0.05) is 6.92 Å². The minimum atomic E-state index is -3.07. The van der Waals surface area contributed by atoms with E-state index in [9.17, 15) is 8.42 Å². The lowest BCUT2D eigenvalue weighted by Crippen LogP contribution is -2.47. The molecule has 19 heavy (non-hydrogen) atoms. The molecule has 1 aliphatic carbocycles. The summed E-state index contributed by atoms with van der Waals surface area (Å²) >= 11 is 0. The Hall–Kier alpha value is -0.130. The monoisotopic (exact) mass is 289 g/mol. The van der Waals surface area contributed by atoms with E-state index in [2.05, 4.69) is 6.92 Å². The molecule has 2 saturated heterocycles. The van der Waals surface area contributed by atoms with Crippen molar-refractivity contribution in [2.75, 3.05) is 19.4 Å². The van der Waals surface area contributed by atoms with Crippen LogP contribution in [0, 0.1) is 17.8 Å². The zero-order valence-electron chi connectivity index (χ0n) is 12.5. The third-order valence-electron chi connectivity index (χ3n) is 4.71. The van der Waals surface area contributed by atoms with Gasteiger partial charge in [0.2, 0.25) is 10.0 Å². The molecule has 112 valence electrons. The average molecular weight is 289 g/mol. The van der Waals surface area contributed by atoms with Crippen LogP contribution in [0.3, 0.4) is 0 Å². The highest BCUT2D eigenvalue weighted by atomic mass is 32.2. The SMILES string of the molecule is CCC(COC(C)C)C1C2CC(C2)CS(=O)(=O)N1C. The highest BCUT2D eigenvalue weighted by Crippen LogP contribution is 2.45. The predicted molar refractivity (Wildman–Crippen MR) is 76.4 cm³/mol. The Labute approximate surface area is 117 Å². The minimum Gasteiger partial charge on any atom is -0.378 e. The van der Waals surface area contributed by atoms with Crippen LogP contribution in [0.5, 0.6) is 0 Å². The second kappa shape index (κ2) is 5.70. The van der Waals surface area contributed by atoms with Crippen LogP contribution >= 0.6 is 0 Å². The highest BCUT2D eigenvalue weighted by Gasteiger charge is 2.48. The van der Waals surface area contributed by atoms with Crippen LogP contribution in [0.4, 0.5) is 0 Å². The van der Waals surface area contributed by atoms with Gasteiger partial charge in [0.05, 0.1) is 18.5 Å². The average Bonchev–Trinajstić information content (AvgIpc) is 2.42. The Balaban J connectivity index is 2.14. The first kappa shape index (κ1) is 15.3. The molecule has 0 aromatic carbocycles. The largest absolute Gasteiger partial charge is 0.378 e. The van der Waals surface area contributed by atoms with Crippen LogP contribution in [-0.4, -0.2) is 44.3 Å². The molecule has 4 nitrogen and oxygen atoms in total. The fourth-order valence-corrected chi connectivity index (χ4v) is 5.37. The Bertz CT molecular complexity index is 401. The summed E-state index contributed by atoms with van der Waals surface area (Å²) in [5, 5.41) is 0. The smallest absolute Gasteiger partial charge is 0.214 e. The molecule has 0 aromatic heterocycles. The number of nitrogens with zero attached hydrogens (tertiary/aromatic N) is 1. The summed E-state index contributed by atoms with van der Waals surface area (Å²) in [6, 6.07) is 0.132. The Morgan fingerprint density at radius 1 is 1.32 bits per heavy atom. The van der Waals surface area contributed by atoms with Gasteiger partial charge in [0.1, 0.15) is 0 Å². The molecular weight excluding hydrogens is 262 g/mol. The van der Waals surface area contributed by atoms with E-state index in [0.717, 1.165) is 19.3 Å². The van der Waals surface area contributed by atoms with Gasteiger partial charge < -0.3 is 4.74 Å². The number of hydrogen-bond donors (Lipinski definition) is 0. The van der Waals surface area contributed by atoms with Crippen molar-refractivity contribution in [2.24, 2.45) is 17.8 Å². The normalized spacial score (nSPS) is 35.7. The summed E-state index contributed by atoms with van der Waals surface area (Å²) in [7, 11) is -1.31. The van der Waals surface area contributed by atoms with Gasteiger partial charge in [0.15, 0.2) is 0 Å². The van der Waals surface area contributed by atoms with Crippen LogP contribution in [0.15, 0.2) is 0 Å². The van der Waals surface area contributed by atoms with Gasteiger partial charge >= 0.3 is 0 Å². The maximum Gasteiger partial charge on any atom is 0.214 e. The van der Waals surface area contributed by atoms with Gasteiger partial charge in [-0.25, -0.2) is 12.7 Å². The lowest BCUT2D eigenvalue weighted by molar-refractivity contribution is 0.00722. The maximum atomic E-state index is 12.3. The first-order chi connectivity index (χ1) is 8.85. The molecule has 2 heterocycles. The van der Waals surface area contributed by atoms with Crippen LogP contribution in [0.2, 0.25) is 0 Å². The summed E-state index contributed by atoms with van der Waals surface area (Å²) in [5.74, 6) is 1.59. The lowest BCUT2D eigenvalue weighted by Gasteiger charge is -2.41. The first-order valence-corrected chi connectivity index (χ1v) is 9.03. The second-order valence-corrected chi connectivity index (χ2v) is 8.51. The van der Waals surface area contributed by atoms with Crippen LogP contribution in [0.1, 0.15) is 40.0 Å². The molecule has 2 aliphatic heterocycles. The van der Waals surface area contributed by atoms with E-state index in [0.29, 0.717) is 30.1 Å². The van der Waals surface area contributed by atoms with Crippen molar-refractivity contribution in [1.29, 1.82) is 0 Å². The van der Waals surface area contributed by atoms with Gasteiger partial charge in [-0.2, -0.15) is 0 Å². The van der Waals surface area contributed by atoms with E-state index in [1.807, 2.05) is 13.8 Å². The number of fused-ring (bicyclic) bond motifs is 3. The van der Waals surface area contributed by atoms with Crippen molar-refractivity contribution in [1.82, 2.24) is 4.31 Å². The zero-order chi connectivity index (χ0) is 14.2. The molecule has 3 rings (SSSR count). The van der Waals surface area contributed by atoms with E-state index in [-0.39, 0.29) is 12.1 Å². The number of rotatable bonds is 5. The highest BCUT2D eigenvalue weighted by molar-refractivity contribution is 7.89. The van der Waals surface area contributed by atoms with Crippen molar-refractivity contribution in [3.63, 3.8) is 0 Å². The Morgan fingerprint density at radius 2 is 1.95 bits per heavy atom. The quantitative estimate of drug-likeness (QED) is 0.779. The third-order valence-corrected chi connectivity index (χ3v) is 6.72. The van der Waals surface area contributed by atoms with Gasteiger partial charge in [0, 0.05) is 13.1 Å². The molecule has 2 unspecified atom stereocenters. The molecule has 2 atom stereocenters. The van der Waals surface area contributed by atoms with E-state index in [4.69, 9.17) is 4.74 Å². The standard InChI is InChI=1S/C14H27NO3S/c1-5-12(8-18-10(2)3)14-13-6-11(7-13)9-19(16,17)15(14)4/h10-14H,5-9H2,1-4H3. The summed E-state index contributed by atoms with van der Waals surface area (Å²) < 4.78 is 32.0. The Kier molecular flexibility index (Phi) is 4.58. The lowest BCUT2D eigenvalue weighted by atomic mass is 9.68. The van der Waals surface area contributed by atoms with E-state index < -0.39 is 10.0 Å². The summed E-state index contributed by atoms with van der Waals surface area (Å²) in [6.07, 6.45) is 3.33. The molecule has 3 fully saturated rings. The topological polar surface area (TPSA) is 46.6 Å². The fraction of sp³-hybridized carbons (Fsp3) is 1.00. The van der Waals surface area contributed by atoms with Gasteiger partial charge in [-0.15, -0.1) is 0 Å². The van der Waals surface area contributed by atoms with Gasteiger partial charge in [-0.3, -0.25) is 0 Å². The molecule has 1 saturated carbocycles. The van der Waals surface area contributed by atoms with Crippen molar-refractivity contribution in [3.8, 4) is 0 Å². The number of ether oxygens (including phenoxy) is 1. The Morgan fingerprint density at radius 3 is 2.47 bits per heavy atom. The molecule has 0 aromatic rings. The summed E-state index contributed by atoms with van der Waals surface area (Å²) in [6.45, 7) is 6.86. The molecule has 0 N–H and O–H groups in total. The molecule has 5 heteroatoms. The maximum absolute atomic E-state index is 12.3. The van der Waals surface area contributed by atoms with Crippen LogP contribution in [-0.2, 0) is 14.8 Å². The van der Waals surface area contributed by atoms with E-state index >= 15 is 0 Å². The predicted octanol–water partition coefficient (Wildman–Crippen LogP) is 2.11. The summed E-state index contributed by atoms with van der Waals surface area (Å²) in [5.41, 5.74) is 0. The van der Waals surface area contributed by atoms with E-state index in [1.165, 1.54) is 0 Å². The first-order valence-electron chi connectivity index (χ1n) is 7.42. The third kappa shape index (κ3) is 3.14. The molecule has 0 radical (unpaired) electrons. The number of sulfonamides is 1. The molecule has 2 bridgehead atoms. The summed E-state index contributed by atoms with van der Waals surface area (Å²) in [4.78, 5) is 0.